The molecule has 2 rings (SSSR count). The first-order chi connectivity index (χ1) is 8.65. The van der Waals surface area contributed by atoms with E-state index in [2.05, 4.69) is 5.32 Å². The van der Waals surface area contributed by atoms with Crippen molar-refractivity contribution < 1.29 is 4.74 Å². The summed E-state index contributed by atoms with van der Waals surface area (Å²) >= 11 is 11.9. The highest BCUT2D eigenvalue weighted by Crippen LogP contribution is 2.28. The van der Waals surface area contributed by atoms with Crippen molar-refractivity contribution in [2.75, 3.05) is 6.54 Å². The molecule has 1 saturated carbocycles. The van der Waals surface area contributed by atoms with E-state index in [1.165, 1.54) is 25.7 Å². The predicted octanol–water partition coefficient (Wildman–Crippen LogP) is 4.29. The molecule has 1 aromatic rings. The summed E-state index contributed by atoms with van der Waals surface area (Å²) in [5, 5.41) is 4.73. The number of hydrogen-bond acceptors (Lipinski definition) is 2. The summed E-state index contributed by atoms with van der Waals surface area (Å²) in [5.74, 6) is 0.696. The zero-order valence-corrected chi connectivity index (χ0v) is 12.1. The van der Waals surface area contributed by atoms with Crippen LogP contribution >= 0.6 is 23.2 Å². The van der Waals surface area contributed by atoms with Crippen LogP contribution in [0.15, 0.2) is 18.2 Å². The number of halogens is 2. The van der Waals surface area contributed by atoms with Crippen LogP contribution in [0.3, 0.4) is 0 Å². The largest absolute Gasteiger partial charge is 0.488 e. The molecule has 18 heavy (non-hydrogen) atoms. The Labute approximate surface area is 119 Å². The van der Waals surface area contributed by atoms with E-state index >= 15 is 0 Å². The maximum absolute atomic E-state index is 6.07. The first-order valence-corrected chi connectivity index (χ1v) is 7.26. The fourth-order valence-corrected chi connectivity index (χ4v) is 2.74. The summed E-state index contributed by atoms with van der Waals surface area (Å²) in [6.07, 6.45) is 5.36. The van der Waals surface area contributed by atoms with Crippen molar-refractivity contribution >= 4 is 23.2 Å². The highest BCUT2D eigenvalue weighted by molar-refractivity contribution is 6.35. The lowest BCUT2D eigenvalue weighted by Crippen LogP contribution is -2.35. The molecule has 0 radical (unpaired) electrons. The first kappa shape index (κ1) is 14.0. The molecule has 100 valence electrons. The second-order valence-corrected chi connectivity index (χ2v) is 5.74. The third kappa shape index (κ3) is 4.04. The van der Waals surface area contributed by atoms with Gasteiger partial charge in [-0.05, 0) is 38.0 Å². The lowest BCUT2D eigenvalue weighted by atomic mass is 10.2. The Kier molecular flexibility index (Phi) is 5.16. The first-order valence-electron chi connectivity index (χ1n) is 6.50. The Bertz CT molecular complexity index is 391. The molecule has 1 atom stereocenters. The van der Waals surface area contributed by atoms with Crippen LogP contribution in [0.2, 0.25) is 10.0 Å². The molecule has 0 heterocycles. The molecule has 0 aromatic heterocycles. The van der Waals surface area contributed by atoms with Gasteiger partial charge < -0.3 is 10.1 Å². The van der Waals surface area contributed by atoms with Gasteiger partial charge in [0.15, 0.2) is 0 Å². The van der Waals surface area contributed by atoms with Gasteiger partial charge in [0, 0.05) is 17.6 Å². The van der Waals surface area contributed by atoms with Crippen LogP contribution in [0, 0.1) is 0 Å². The summed E-state index contributed by atoms with van der Waals surface area (Å²) in [4.78, 5) is 0. The molecule has 1 N–H and O–H groups in total. The van der Waals surface area contributed by atoms with Crippen molar-refractivity contribution in [1.82, 2.24) is 5.32 Å². The van der Waals surface area contributed by atoms with Gasteiger partial charge in [0.1, 0.15) is 11.9 Å². The molecule has 1 fully saturated rings. The molecular weight excluding hydrogens is 269 g/mol. The normalized spacial score (nSPS) is 17.9. The minimum absolute atomic E-state index is 0.101. The molecule has 0 saturated heterocycles. The van der Waals surface area contributed by atoms with Crippen molar-refractivity contribution in [3.63, 3.8) is 0 Å². The third-order valence-corrected chi connectivity index (χ3v) is 3.80. The van der Waals surface area contributed by atoms with Crippen molar-refractivity contribution in [3.8, 4) is 5.75 Å². The van der Waals surface area contributed by atoms with Gasteiger partial charge in [-0.15, -0.1) is 0 Å². The van der Waals surface area contributed by atoms with E-state index < -0.39 is 0 Å². The number of rotatable bonds is 5. The van der Waals surface area contributed by atoms with Crippen LogP contribution in [0.1, 0.15) is 32.6 Å². The Morgan fingerprint density at radius 2 is 2.06 bits per heavy atom. The third-order valence-electron chi connectivity index (χ3n) is 3.27. The maximum atomic E-state index is 6.07. The standard InChI is InChI=1S/C14H19Cl2NO/c1-10(9-17-12-4-2-3-5-12)18-14-7-6-11(15)8-13(14)16/h6-8,10,12,17H,2-5,9H2,1H3. The Morgan fingerprint density at radius 3 is 2.72 bits per heavy atom. The van der Waals surface area contributed by atoms with Crippen molar-refractivity contribution in [2.24, 2.45) is 0 Å². The number of hydrogen-bond donors (Lipinski definition) is 1. The van der Waals surface area contributed by atoms with Crippen LogP contribution in [-0.4, -0.2) is 18.7 Å². The van der Waals surface area contributed by atoms with Gasteiger partial charge >= 0.3 is 0 Å². The summed E-state index contributed by atoms with van der Waals surface area (Å²) in [6.45, 7) is 2.90. The van der Waals surface area contributed by atoms with Crippen molar-refractivity contribution in [3.05, 3.63) is 28.2 Å². The van der Waals surface area contributed by atoms with Gasteiger partial charge in [-0.25, -0.2) is 0 Å². The highest BCUT2D eigenvalue weighted by Gasteiger charge is 2.15. The molecule has 1 aromatic carbocycles. The van der Waals surface area contributed by atoms with Crippen LogP contribution in [-0.2, 0) is 0 Å². The average molecular weight is 288 g/mol. The van der Waals surface area contributed by atoms with Gasteiger partial charge in [-0.2, -0.15) is 0 Å². The van der Waals surface area contributed by atoms with E-state index in [0.29, 0.717) is 21.8 Å². The number of nitrogens with one attached hydrogen (secondary N) is 1. The molecule has 1 aliphatic carbocycles. The van der Waals surface area contributed by atoms with Crippen molar-refractivity contribution in [1.29, 1.82) is 0 Å². The van der Waals surface area contributed by atoms with E-state index in [-0.39, 0.29) is 6.10 Å². The number of benzene rings is 1. The number of ether oxygens (including phenoxy) is 1. The van der Waals surface area contributed by atoms with Crippen LogP contribution < -0.4 is 10.1 Å². The van der Waals surface area contributed by atoms with Gasteiger partial charge in [0.05, 0.1) is 5.02 Å². The molecule has 0 bridgehead atoms. The second-order valence-electron chi connectivity index (χ2n) is 4.89. The van der Waals surface area contributed by atoms with E-state index in [9.17, 15) is 0 Å². The lowest BCUT2D eigenvalue weighted by Gasteiger charge is -2.19. The van der Waals surface area contributed by atoms with Gasteiger partial charge in [-0.3, -0.25) is 0 Å². The summed E-state index contributed by atoms with van der Waals surface area (Å²) in [5.41, 5.74) is 0. The highest BCUT2D eigenvalue weighted by atomic mass is 35.5. The molecule has 0 spiro atoms. The van der Waals surface area contributed by atoms with E-state index in [1.54, 1.807) is 12.1 Å². The van der Waals surface area contributed by atoms with Gasteiger partial charge in [-0.1, -0.05) is 36.0 Å². The lowest BCUT2D eigenvalue weighted by molar-refractivity contribution is 0.211. The predicted molar refractivity (Wildman–Crippen MR) is 76.8 cm³/mol. The van der Waals surface area contributed by atoms with Gasteiger partial charge in [0.25, 0.3) is 0 Å². The topological polar surface area (TPSA) is 21.3 Å². The quantitative estimate of drug-likeness (QED) is 0.872. The SMILES string of the molecule is CC(CNC1CCCC1)Oc1ccc(Cl)cc1Cl. The van der Waals surface area contributed by atoms with Gasteiger partial charge in [0.2, 0.25) is 0 Å². The van der Waals surface area contributed by atoms with Crippen molar-refractivity contribution in [2.45, 2.75) is 44.8 Å². The molecule has 1 unspecified atom stereocenters. The molecule has 1 aliphatic rings. The molecule has 0 aliphatic heterocycles. The molecule has 0 amide bonds. The molecular formula is C14H19Cl2NO. The zero-order chi connectivity index (χ0) is 13.0. The minimum atomic E-state index is 0.101. The zero-order valence-electron chi connectivity index (χ0n) is 10.6. The fraction of sp³-hybridized carbons (Fsp3) is 0.571. The Balaban J connectivity index is 1.80. The van der Waals surface area contributed by atoms with Crippen LogP contribution in [0.4, 0.5) is 0 Å². The van der Waals surface area contributed by atoms with Crippen LogP contribution in [0.5, 0.6) is 5.75 Å². The Morgan fingerprint density at radius 1 is 1.33 bits per heavy atom. The fourth-order valence-electron chi connectivity index (χ4n) is 2.29. The Hall–Kier alpha value is -0.440. The monoisotopic (exact) mass is 287 g/mol. The maximum Gasteiger partial charge on any atom is 0.138 e. The summed E-state index contributed by atoms with van der Waals surface area (Å²) in [6, 6.07) is 5.98. The van der Waals surface area contributed by atoms with E-state index in [0.717, 1.165) is 6.54 Å². The minimum Gasteiger partial charge on any atom is -0.488 e. The molecule has 2 nitrogen and oxygen atoms in total. The smallest absolute Gasteiger partial charge is 0.138 e. The summed E-state index contributed by atoms with van der Waals surface area (Å²) in [7, 11) is 0. The molecule has 4 heteroatoms. The average Bonchev–Trinajstić information content (AvgIpc) is 2.83. The second kappa shape index (κ2) is 6.65. The summed E-state index contributed by atoms with van der Waals surface area (Å²) < 4.78 is 5.81. The van der Waals surface area contributed by atoms with Crippen LogP contribution in [0.25, 0.3) is 0 Å². The van der Waals surface area contributed by atoms with E-state index in [4.69, 9.17) is 27.9 Å². The van der Waals surface area contributed by atoms with E-state index in [1.807, 2.05) is 13.0 Å².